The van der Waals surface area contributed by atoms with Crippen LogP contribution in [-0.2, 0) is 16.1 Å². The highest BCUT2D eigenvalue weighted by molar-refractivity contribution is 6.44. The Morgan fingerprint density at radius 2 is 1.60 bits per heavy atom. The number of urea groups is 1. The quantitative estimate of drug-likeness (QED) is 0.599. The number of imide groups is 2. The van der Waals surface area contributed by atoms with Gasteiger partial charge in [-0.05, 0) is 30.2 Å². The average molecular weight is 338 g/mol. The lowest BCUT2D eigenvalue weighted by Crippen LogP contribution is -2.35. The van der Waals surface area contributed by atoms with Crippen LogP contribution in [-0.4, -0.2) is 40.8 Å². The second-order valence-corrected chi connectivity index (χ2v) is 5.78. The summed E-state index contributed by atoms with van der Waals surface area (Å²) in [6.07, 6.45) is 0. The topological polar surface area (TPSA) is 66.9 Å². The average Bonchev–Trinajstić information content (AvgIpc) is 2.81. The molecule has 2 aromatic carbocycles. The summed E-state index contributed by atoms with van der Waals surface area (Å²) < 4.78 is 5.56. The van der Waals surface area contributed by atoms with Crippen molar-refractivity contribution >= 4 is 17.8 Å². The second-order valence-electron chi connectivity index (χ2n) is 5.78. The molecule has 0 N–H and O–H groups in total. The molecule has 0 spiro atoms. The summed E-state index contributed by atoms with van der Waals surface area (Å²) >= 11 is 0. The first-order chi connectivity index (χ1) is 12.1. The monoisotopic (exact) mass is 338 g/mol. The van der Waals surface area contributed by atoms with Crippen LogP contribution in [0.5, 0.6) is 5.75 Å². The highest BCUT2D eigenvalue weighted by Crippen LogP contribution is 2.17. The number of carbonyl (C=O) groups is 3. The summed E-state index contributed by atoms with van der Waals surface area (Å²) in [7, 11) is 0. The largest absolute Gasteiger partial charge is 0.492 e. The van der Waals surface area contributed by atoms with Crippen LogP contribution < -0.4 is 4.74 Å². The van der Waals surface area contributed by atoms with Gasteiger partial charge >= 0.3 is 17.8 Å². The zero-order chi connectivity index (χ0) is 17.8. The highest BCUT2D eigenvalue weighted by atomic mass is 16.5. The van der Waals surface area contributed by atoms with E-state index in [4.69, 9.17) is 4.74 Å². The summed E-state index contributed by atoms with van der Waals surface area (Å²) in [5.41, 5.74) is 1.84. The fourth-order valence-electron chi connectivity index (χ4n) is 2.61. The molecule has 2 aromatic rings. The van der Waals surface area contributed by atoms with Crippen LogP contribution in [0, 0.1) is 6.92 Å². The number of aryl methyl sites for hydroxylation is 1. The fourth-order valence-corrected chi connectivity index (χ4v) is 2.61. The van der Waals surface area contributed by atoms with E-state index >= 15 is 0 Å². The molecule has 4 amide bonds. The number of amides is 4. The lowest BCUT2D eigenvalue weighted by atomic mass is 10.2. The number of rotatable bonds is 6. The number of ether oxygens (including phenoxy) is 1. The summed E-state index contributed by atoms with van der Waals surface area (Å²) in [6.45, 7) is 2.19. The second kappa shape index (κ2) is 7.17. The van der Waals surface area contributed by atoms with Gasteiger partial charge in [0.25, 0.3) is 0 Å². The Hall–Kier alpha value is -3.15. The molecule has 0 atom stereocenters. The van der Waals surface area contributed by atoms with E-state index in [-0.39, 0.29) is 19.7 Å². The molecular formula is C19H18N2O4. The Labute approximate surface area is 145 Å². The van der Waals surface area contributed by atoms with E-state index < -0.39 is 17.8 Å². The van der Waals surface area contributed by atoms with Gasteiger partial charge in [0.2, 0.25) is 0 Å². The predicted octanol–water partition coefficient (Wildman–Crippen LogP) is 2.36. The third-order valence-electron chi connectivity index (χ3n) is 3.89. The van der Waals surface area contributed by atoms with E-state index in [9.17, 15) is 14.4 Å². The minimum absolute atomic E-state index is 0.0304. The number of carbonyl (C=O) groups excluding carboxylic acids is 3. The molecule has 1 aliphatic heterocycles. The van der Waals surface area contributed by atoms with Crippen molar-refractivity contribution in [1.82, 2.24) is 9.80 Å². The maximum atomic E-state index is 12.4. The van der Waals surface area contributed by atoms with E-state index in [1.807, 2.05) is 43.3 Å². The molecule has 0 aromatic heterocycles. The molecular weight excluding hydrogens is 320 g/mol. The summed E-state index contributed by atoms with van der Waals surface area (Å²) in [5.74, 6) is -0.954. The molecule has 0 saturated carbocycles. The van der Waals surface area contributed by atoms with E-state index in [1.165, 1.54) is 0 Å². The SMILES string of the molecule is Cc1cccc(OCCN2C(=O)C(=O)N(Cc3ccccc3)C2=O)c1. The maximum Gasteiger partial charge on any atom is 0.334 e. The third kappa shape index (κ3) is 3.68. The minimum atomic E-state index is -0.811. The number of nitrogens with zero attached hydrogens (tertiary/aromatic N) is 2. The van der Waals surface area contributed by atoms with Gasteiger partial charge in [-0.25, -0.2) is 4.79 Å². The molecule has 1 saturated heterocycles. The first-order valence-electron chi connectivity index (χ1n) is 7.97. The van der Waals surface area contributed by atoms with Crippen LogP contribution in [0.2, 0.25) is 0 Å². The molecule has 6 nitrogen and oxygen atoms in total. The molecule has 1 fully saturated rings. The van der Waals surface area contributed by atoms with Crippen LogP contribution in [0.4, 0.5) is 4.79 Å². The first kappa shape index (κ1) is 16.7. The van der Waals surface area contributed by atoms with Gasteiger partial charge in [-0.1, -0.05) is 42.5 Å². The van der Waals surface area contributed by atoms with Crippen LogP contribution in [0.25, 0.3) is 0 Å². The Bertz CT molecular complexity index is 804. The molecule has 1 heterocycles. The molecule has 0 aliphatic carbocycles. The molecule has 1 aliphatic rings. The molecule has 0 bridgehead atoms. The van der Waals surface area contributed by atoms with Crippen molar-refractivity contribution in [1.29, 1.82) is 0 Å². The maximum absolute atomic E-state index is 12.4. The van der Waals surface area contributed by atoms with Crippen molar-refractivity contribution in [2.24, 2.45) is 0 Å². The van der Waals surface area contributed by atoms with E-state index in [0.29, 0.717) is 5.75 Å². The number of hydrogen-bond donors (Lipinski definition) is 0. The normalized spacial score (nSPS) is 14.4. The van der Waals surface area contributed by atoms with Gasteiger partial charge in [0.05, 0.1) is 13.1 Å². The molecule has 0 unspecified atom stereocenters. The lowest BCUT2D eigenvalue weighted by molar-refractivity contribution is -0.143. The predicted molar refractivity (Wildman–Crippen MR) is 90.8 cm³/mol. The highest BCUT2D eigenvalue weighted by Gasteiger charge is 2.44. The Balaban J connectivity index is 1.61. The lowest BCUT2D eigenvalue weighted by Gasteiger charge is -2.16. The van der Waals surface area contributed by atoms with Crippen LogP contribution in [0.15, 0.2) is 54.6 Å². The minimum Gasteiger partial charge on any atom is -0.492 e. The Morgan fingerprint density at radius 1 is 0.880 bits per heavy atom. The van der Waals surface area contributed by atoms with Gasteiger partial charge in [0, 0.05) is 0 Å². The molecule has 0 radical (unpaired) electrons. The third-order valence-corrected chi connectivity index (χ3v) is 3.89. The zero-order valence-corrected chi connectivity index (χ0v) is 13.8. The summed E-state index contributed by atoms with van der Waals surface area (Å²) in [5, 5.41) is 0. The smallest absolute Gasteiger partial charge is 0.334 e. The van der Waals surface area contributed by atoms with E-state index in [2.05, 4.69) is 0 Å². The van der Waals surface area contributed by atoms with Gasteiger partial charge < -0.3 is 4.74 Å². The van der Waals surface area contributed by atoms with Crippen molar-refractivity contribution in [3.8, 4) is 5.75 Å². The standard InChI is InChI=1S/C19H18N2O4/c1-14-6-5-9-16(12-14)25-11-10-20-17(22)18(23)21(19(20)24)13-15-7-3-2-4-8-15/h2-9,12H,10-11,13H2,1H3. The molecule has 25 heavy (non-hydrogen) atoms. The van der Waals surface area contributed by atoms with Crippen molar-refractivity contribution in [3.63, 3.8) is 0 Å². The van der Waals surface area contributed by atoms with Gasteiger partial charge in [-0.15, -0.1) is 0 Å². The van der Waals surface area contributed by atoms with Crippen molar-refractivity contribution in [2.45, 2.75) is 13.5 Å². The Morgan fingerprint density at radius 3 is 2.32 bits per heavy atom. The fraction of sp³-hybridized carbons (Fsp3) is 0.211. The molecule has 3 rings (SSSR count). The van der Waals surface area contributed by atoms with Crippen LogP contribution >= 0.6 is 0 Å². The van der Waals surface area contributed by atoms with E-state index in [1.54, 1.807) is 18.2 Å². The van der Waals surface area contributed by atoms with Gasteiger partial charge in [-0.2, -0.15) is 0 Å². The van der Waals surface area contributed by atoms with Gasteiger partial charge in [0.1, 0.15) is 12.4 Å². The van der Waals surface area contributed by atoms with Crippen molar-refractivity contribution in [2.75, 3.05) is 13.2 Å². The summed E-state index contributed by atoms with van der Waals surface area (Å²) in [4.78, 5) is 38.4. The molecule has 128 valence electrons. The molecule has 6 heteroatoms. The van der Waals surface area contributed by atoms with Crippen molar-refractivity contribution in [3.05, 3.63) is 65.7 Å². The van der Waals surface area contributed by atoms with Gasteiger partial charge in [0.15, 0.2) is 0 Å². The van der Waals surface area contributed by atoms with Crippen LogP contribution in [0.1, 0.15) is 11.1 Å². The Kier molecular flexibility index (Phi) is 4.79. The zero-order valence-electron chi connectivity index (χ0n) is 13.8. The van der Waals surface area contributed by atoms with Gasteiger partial charge in [-0.3, -0.25) is 19.4 Å². The number of hydrogen-bond acceptors (Lipinski definition) is 4. The van der Waals surface area contributed by atoms with Crippen LogP contribution in [0.3, 0.4) is 0 Å². The number of benzene rings is 2. The van der Waals surface area contributed by atoms with Crippen molar-refractivity contribution < 1.29 is 19.1 Å². The summed E-state index contributed by atoms with van der Waals surface area (Å²) in [6, 6.07) is 15.9. The van der Waals surface area contributed by atoms with E-state index in [0.717, 1.165) is 20.9 Å². The first-order valence-corrected chi connectivity index (χ1v) is 7.97.